The van der Waals surface area contributed by atoms with E-state index in [-0.39, 0.29) is 11.3 Å². The van der Waals surface area contributed by atoms with E-state index in [1.54, 1.807) is 12.1 Å². The summed E-state index contributed by atoms with van der Waals surface area (Å²) < 4.78 is 26.0. The fourth-order valence-corrected chi connectivity index (χ4v) is 3.22. The quantitative estimate of drug-likeness (QED) is 0.833. The number of fused-ring (bicyclic) bond motifs is 1. The molecule has 3 rings (SSSR count). The lowest BCUT2D eigenvalue weighted by Crippen LogP contribution is -2.18. The first-order valence-corrected chi connectivity index (χ1v) is 7.19. The van der Waals surface area contributed by atoms with Gasteiger partial charge in [0.15, 0.2) is 0 Å². The number of hydrogen-bond acceptors (Lipinski definition) is 6. The van der Waals surface area contributed by atoms with Crippen LogP contribution in [-0.4, -0.2) is 29.0 Å². The summed E-state index contributed by atoms with van der Waals surface area (Å²) >= 11 is 0. The van der Waals surface area contributed by atoms with Gasteiger partial charge in [0.2, 0.25) is 0 Å². The Morgan fingerprint density at radius 1 is 1.35 bits per heavy atom. The van der Waals surface area contributed by atoms with Crippen molar-refractivity contribution < 1.29 is 8.42 Å². The summed E-state index contributed by atoms with van der Waals surface area (Å²) in [6.07, 6.45) is 3.02. The lowest BCUT2D eigenvalue weighted by molar-refractivity contribution is 0.584. The van der Waals surface area contributed by atoms with Gasteiger partial charge in [0.1, 0.15) is 11.0 Å². The number of rotatable bonds is 2. The highest BCUT2D eigenvalue weighted by atomic mass is 32.2. The van der Waals surface area contributed by atoms with Crippen LogP contribution in [0.3, 0.4) is 0 Å². The Balaban J connectivity index is 2.19. The number of hydrogen-bond donors (Lipinski definition) is 1. The standard InChI is InChI=1S/C12H11N5O2S/c1-8-4-10(7-14-6-8)20(18,19)17-12-5-9(13)2-3-11(12)15-16-17/h2-3,5-7H,1,4,13H2. The molecule has 102 valence electrons. The molecule has 1 aromatic heterocycles. The minimum absolute atomic E-state index is 0.124. The van der Waals surface area contributed by atoms with Gasteiger partial charge in [-0.2, -0.15) is 8.42 Å². The molecule has 1 aromatic carbocycles. The number of allylic oxidation sites excluding steroid dienone is 2. The highest BCUT2D eigenvalue weighted by molar-refractivity contribution is 7.93. The molecule has 0 unspecified atom stereocenters. The van der Waals surface area contributed by atoms with Crippen molar-refractivity contribution in [2.75, 3.05) is 5.73 Å². The van der Waals surface area contributed by atoms with Gasteiger partial charge in [-0.1, -0.05) is 11.8 Å². The van der Waals surface area contributed by atoms with Gasteiger partial charge < -0.3 is 5.73 Å². The van der Waals surface area contributed by atoms with Gasteiger partial charge in [-0.15, -0.1) is 9.19 Å². The van der Waals surface area contributed by atoms with Crippen molar-refractivity contribution in [3.05, 3.63) is 41.5 Å². The number of aliphatic imine (C=N–C) groups is 1. The maximum atomic E-state index is 12.6. The Bertz CT molecular complexity index is 876. The van der Waals surface area contributed by atoms with E-state index in [1.807, 2.05) is 0 Å². The fraction of sp³-hybridized carbons (Fsp3) is 0.0833. The van der Waals surface area contributed by atoms with Crippen LogP contribution in [0.4, 0.5) is 5.69 Å². The van der Waals surface area contributed by atoms with Gasteiger partial charge in [-0.05, 0) is 23.8 Å². The highest BCUT2D eigenvalue weighted by Crippen LogP contribution is 2.24. The zero-order valence-corrected chi connectivity index (χ0v) is 11.2. The van der Waals surface area contributed by atoms with Crippen molar-refractivity contribution in [2.45, 2.75) is 6.42 Å². The van der Waals surface area contributed by atoms with Crippen LogP contribution in [-0.2, 0) is 10.0 Å². The third-order valence-electron chi connectivity index (χ3n) is 2.88. The maximum Gasteiger partial charge on any atom is 0.282 e. The predicted octanol–water partition coefficient (Wildman–Crippen LogP) is 1.06. The van der Waals surface area contributed by atoms with Gasteiger partial charge >= 0.3 is 0 Å². The molecule has 0 saturated heterocycles. The summed E-state index contributed by atoms with van der Waals surface area (Å²) in [6, 6.07) is 4.78. The second-order valence-electron chi connectivity index (χ2n) is 4.39. The van der Waals surface area contributed by atoms with Crippen LogP contribution in [0.5, 0.6) is 0 Å². The molecule has 0 saturated carbocycles. The zero-order valence-electron chi connectivity index (χ0n) is 10.4. The topological polar surface area (TPSA) is 103 Å². The molecule has 1 aliphatic heterocycles. The Hall–Kier alpha value is -2.48. The number of aromatic nitrogens is 3. The molecular weight excluding hydrogens is 278 g/mol. The van der Waals surface area contributed by atoms with E-state index in [4.69, 9.17) is 5.73 Å². The molecule has 8 heteroatoms. The van der Waals surface area contributed by atoms with Gasteiger partial charge in [-0.25, -0.2) is 0 Å². The van der Waals surface area contributed by atoms with Crippen molar-refractivity contribution >= 4 is 33.0 Å². The van der Waals surface area contributed by atoms with E-state index in [1.165, 1.54) is 18.5 Å². The lowest BCUT2D eigenvalue weighted by Gasteiger charge is -2.11. The molecule has 7 nitrogen and oxygen atoms in total. The SMILES string of the molecule is C=C1C=NC=C(S(=O)(=O)n2nnc3ccc(N)cc32)C1. The summed E-state index contributed by atoms with van der Waals surface area (Å²) in [6.45, 7) is 3.72. The molecule has 20 heavy (non-hydrogen) atoms. The molecule has 0 amide bonds. The monoisotopic (exact) mass is 289 g/mol. The molecule has 0 atom stereocenters. The third-order valence-corrected chi connectivity index (χ3v) is 4.51. The zero-order chi connectivity index (χ0) is 14.3. The molecule has 0 fully saturated rings. The lowest BCUT2D eigenvalue weighted by atomic mass is 10.2. The number of anilines is 1. The van der Waals surface area contributed by atoms with Crippen molar-refractivity contribution in [3.8, 4) is 0 Å². The first-order chi connectivity index (χ1) is 9.48. The first kappa shape index (κ1) is 12.5. The first-order valence-electron chi connectivity index (χ1n) is 5.75. The van der Waals surface area contributed by atoms with Crippen LogP contribution in [0.15, 0.2) is 46.4 Å². The summed E-state index contributed by atoms with van der Waals surface area (Å²) in [7, 11) is -3.82. The summed E-state index contributed by atoms with van der Waals surface area (Å²) in [5, 5.41) is 7.54. The van der Waals surface area contributed by atoms with Crippen LogP contribution in [0.1, 0.15) is 6.42 Å². The molecular formula is C12H11N5O2S. The highest BCUT2D eigenvalue weighted by Gasteiger charge is 2.25. The third kappa shape index (κ3) is 1.90. The van der Waals surface area contributed by atoms with Crippen LogP contribution in [0.2, 0.25) is 0 Å². The average Bonchev–Trinajstić information content (AvgIpc) is 2.82. The Labute approximate surface area is 115 Å². The number of nitrogens with zero attached hydrogens (tertiary/aromatic N) is 4. The van der Waals surface area contributed by atoms with Gasteiger partial charge in [0, 0.05) is 24.5 Å². The minimum atomic E-state index is -3.82. The molecule has 0 bridgehead atoms. The number of nitrogens with two attached hydrogens (primary N) is 1. The van der Waals surface area contributed by atoms with Gasteiger partial charge in [0.25, 0.3) is 10.0 Å². The van der Waals surface area contributed by atoms with Crippen LogP contribution in [0.25, 0.3) is 11.0 Å². The summed E-state index contributed by atoms with van der Waals surface area (Å²) in [5.74, 6) is 0. The molecule has 2 N–H and O–H groups in total. The second-order valence-corrected chi connectivity index (χ2v) is 6.21. The Morgan fingerprint density at radius 2 is 2.15 bits per heavy atom. The predicted molar refractivity (Wildman–Crippen MR) is 76.6 cm³/mol. The van der Waals surface area contributed by atoms with Crippen molar-refractivity contribution in [3.63, 3.8) is 0 Å². The van der Waals surface area contributed by atoms with Crippen LogP contribution < -0.4 is 5.73 Å². The summed E-state index contributed by atoms with van der Waals surface area (Å²) in [4.78, 5) is 3.99. The van der Waals surface area contributed by atoms with Crippen LogP contribution >= 0.6 is 0 Å². The fourth-order valence-electron chi connectivity index (χ4n) is 1.90. The van der Waals surface area contributed by atoms with Crippen molar-refractivity contribution in [2.24, 2.45) is 4.99 Å². The van der Waals surface area contributed by atoms with E-state index in [0.29, 0.717) is 22.3 Å². The number of nitrogen functional groups attached to an aromatic ring is 1. The molecule has 1 aliphatic rings. The summed E-state index contributed by atoms with van der Waals surface area (Å²) in [5.41, 5.74) is 7.54. The average molecular weight is 289 g/mol. The van der Waals surface area contributed by atoms with E-state index in [0.717, 1.165) is 4.09 Å². The van der Waals surface area contributed by atoms with Gasteiger partial charge in [-0.3, -0.25) is 4.99 Å². The Morgan fingerprint density at radius 3 is 2.90 bits per heavy atom. The smallest absolute Gasteiger partial charge is 0.282 e. The van der Waals surface area contributed by atoms with Crippen molar-refractivity contribution in [1.82, 2.24) is 14.4 Å². The molecule has 0 spiro atoms. The number of benzene rings is 1. The molecule has 0 radical (unpaired) electrons. The molecule has 2 heterocycles. The minimum Gasteiger partial charge on any atom is -0.399 e. The second kappa shape index (κ2) is 4.27. The molecule has 2 aromatic rings. The molecule has 0 aliphatic carbocycles. The van der Waals surface area contributed by atoms with E-state index in [2.05, 4.69) is 21.9 Å². The Kier molecular flexibility index (Phi) is 2.68. The van der Waals surface area contributed by atoms with E-state index in [9.17, 15) is 8.42 Å². The van der Waals surface area contributed by atoms with Crippen LogP contribution in [0, 0.1) is 0 Å². The largest absolute Gasteiger partial charge is 0.399 e. The normalized spacial score (nSPS) is 15.6. The maximum absolute atomic E-state index is 12.6. The van der Waals surface area contributed by atoms with E-state index >= 15 is 0 Å². The van der Waals surface area contributed by atoms with Gasteiger partial charge in [0.05, 0.1) is 4.91 Å². The van der Waals surface area contributed by atoms with Crippen molar-refractivity contribution in [1.29, 1.82) is 0 Å². The van der Waals surface area contributed by atoms with E-state index < -0.39 is 10.0 Å².